The molecular weight excluding hydrogens is 398 g/mol. The molecule has 6 heteroatoms. The third-order valence-corrected chi connectivity index (χ3v) is 8.07. The van der Waals surface area contributed by atoms with Crippen molar-refractivity contribution in [3.63, 3.8) is 0 Å². The number of para-hydroxylation sites is 1. The van der Waals surface area contributed by atoms with Crippen LogP contribution in [0.25, 0.3) is 5.69 Å². The first kappa shape index (κ1) is 19.8. The van der Waals surface area contributed by atoms with Crippen LogP contribution in [0.5, 0.6) is 0 Å². The predicted octanol–water partition coefficient (Wildman–Crippen LogP) is 4.53. The van der Waals surface area contributed by atoms with Crippen molar-refractivity contribution in [2.45, 2.75) is 58.4 Å². The van der Waals surface area contributed by atoms with Gasteiger partial charge in [0, 0.05) is 17.8 Å². The summed E-state index contributed by atoms with van der Waals surface area (Å²) < 4.78 is 1.58. The number of rotatable bonds is 4. The number of aromatic nitrogens is 2. The second-order valence-electron chi connectivity index (χ2n) is 9.84. The molecule has 0 unspecified atom stereocenters. The SMILES string of the molecule is Cc1cc(=O)c(C(=O)N[C@H](C)C23CC4CC(CC(C4)C2)C3)nn1-c1ccccc1Cl. The van der Waals surface area contributed by atoms with E-state index in [0.29, 0.717) is 16.4 Å². The first-order valence-corrected chi connectivity index (χ1v) is 11.4. The van der Waals surface area contributed by atoms with Crippen LogP contribution in [0.2, 0.25) is 5.02 Å². The van der Waals surface area contributed by atoms with E-state index in [1.165, 1.54) is 44.6 Å². The van der Waals surface area contributed by atoms with Gasteiger partial charge in [-0.25, -0.2) is 4.68 Å². The maximum atomic E-state index is 13.1. The highest BCUT2D eigenvalue weighted by Crippen LogP contribution is 2.61. The Morgan fingerprint density at radius 3 is 2.37 bits per heavy atom. The van der Waals surface area contributed by atoms with Crippen molar-refractivity contribution in [3.05, 3.63) is 57.0 Å². The summed E-state index contributed by atoms with van der Waals surface area (Å²) >= 11 is 6.32. The standard InChI is InChI=1S/C24H28ClN3O2/c1-14-7-21(29)22(27-28(14)20-6-4-3-5-19(20)25)23(30)26-15(2)24-11-16-8-17(12-24)10-18(9-16)13-24/h3-7,15-18H,8-13H2,1-2H3,(H,26,30)/t15-,16?,17?,18?,24?/m1/s1. The molecule has 4 aliphatic carbocycles. The summed E-state index contributed by atoms with van der Waals surface area (Å²) in [4.78, 5) is 25.7. The van der Waals surface area contributed by atoms with E-state index in [1.807, 2.05) is 18.2 Å². The summed E-state index contributed by atoms with van der Waals surface area (Å²) in [5.74, 6) is 2.05. The number of nitrogens with zero attached hydrogens (tertiary/aromatic N) is 2. The summed E-state index contributed by atoms with van der Waals surface area (Å²) in [6.07, 6.45) is 7.69. The van der Waals surface area contributed by atoms with E-state index < -0.39 is 0 Å². The molecule has 1 N–H and O–H groups in total. The molecule has 6 rings (SSSR count). The maximum absolute atomic E-state index is 13.1. The van der Waals surface area contributed by atoms with Crippen LogP contribution in [0.4, 0.5) is 0 Å². The van der Waals surface area contributed by atoms with Gasteiger partial charge < -0.3 is 5.32 Å². The van der Waals surface area contributed by atoms with Crippen molar-refractivity contribution in [1.82, 2.24) is 15.1 Å². The van der Waals surface area contributed by atoms with Gasteiger partial charge in [0.1, 0.15) is 0 Å². The van der Waals surface area contributed by atoms with E-state index in [9.17, 15) is 9.59 Å². The van der Waals surface area contributed by atoms with Gasteiger partial charge in [-0.05, 0) is 87.7 Å². The minimum atomic E-state index is -0.385. The second-order valence-corrected chi connectivity index (χ2v) is 10.2. The Hall–Kier alpha value is -2.14. The molecule has 4 aliphatic rings. The Morgan fingerprint density at radius 1 is 1.17 bits per heavy atom. The van der Waals surface area contributed by atoms with Crippen LogP contribution in [-0.2, 0) is 0 Å². The molecule has 0 aliphatic heterocycles. The fourth-order valence-electron chi connectivity index (χ4n) is 6.70. The zero-order valence-corrected chi connectivity index (χ0v) is 18.3. The topological polar surface area (TPSA) is 64.0 Å². The number of benzene rings is 1. The zero-order chi connectivity index (χ0) is 21.0. The lowest BCUT2D eigenvalue weighted by molar-refractivity contribution is -0.0688. The first-order chi connectivity index (χ1) is 14.3. The van der Waals surface area contributed by atoms with Crippen LogP contribution in [0.15, 0.2) is 35.1 Å². The minimum Gasteiger partial charge on any atom is -0.348 e. The molecule has 0 saturated heterocycles. The van der Waals surface area contributed by atoms with Gasteiger partial charge in [-0.15, -0.1) is 0 Å². The third-order valence-electron chi connectivity index (χ3n) is 7.75. The highest BCUT2D eigenvalue weighted by atomic mass is 35.5. The highest BCUT2D eigenvalue weighted by Gasteiger charge is 2.53. The smallest absolute Gasteiger partial charge is 0.276 e. The zero-order valence-electron chi connectivity index (χ0n) is 17.5. The second kappa shape index (κ2) is 7.23. The Balaban J connectivity index is 1.42. The van der Waals surface area contributed by atoms with Gasteiger partial charge >= 0.3 is 0 Å². The highest BCUT2D eigenvalue weighted by molar-refractivity contribution is 6.32. The minimum absolute atomic E-state index is 0.0367. The average Bonchev–Trinajstić information content (AvgIpc) is 2.67. The maximum Gasteiger partial charge on any atom is 0.276 e. The molecule has 1 heterocycles. The molecule has 1 amide bonds. The van der Waals surface area contributed by atoms with E-state index >= 15 is 0 Å². The quantitative estimate of drug-likeness (QED) is 0.782. The molecule has 4 saturated carbocycles. The van der Waals surface area contributed by atoms with Crippen molar-refractivity contribution in [2.24, 2.45) is 23.2 Å². The molecular formula is C24H28ClN3O2. The van der Waals surface area contributed by atoms with Gasteiger partial charge in [-0.2, -0.15) is 5.10 Å². The molecule has 0 spiro atoms. The van der Waals surface area contributed by atoms with Crippen molar-refractivity contribution in [1.29, 1.82) is 0 Å². The largest absolute Gasteiger partial charge is 0.348 e. The number of carbonyl (C=O) groups excluding carboxylic acids is 1. The van der Waals surface area contributed by atoms with Gasteiger partial charge in [-0.3, -0.25) is 9.59 Å². The van der Waals surface area contributed by atoms with E-state index in [1.54, 1.807) is 17.7 Å². The molecule has 4 bridgehead atoms. The van der Waals surface area contributed by atoms with Gasteiger partial charge in [0.15, 0.2) is 5.69 Å². The fourth-order valence-corrected chi connectivity index (χ4v) is 6.91. The number of hydrogen-bond acceptors (Lipinski definition) is 3. The normalized spacial score (nSPS) is 30.3. The van der Waals surface area contributed by atoms with E-state index in [2.05, 4.69) is 17.3 Å². The Morgan fingerprint density at radius 2 is 1.77 bits per heavy atom. The lowest BCUT2D eigenvalue weighted by Crippen LogP contribution is -2.56. The molecule has 0 radical (unpaired) electrons. The number of nitrogens with one attached hydrogen (secondary N) is 1. The monoisotopic (exact) mass is 425 g/mol. The summed E-state index contributed by atoms with van der Waals surface area (Å²) in [6, 6.07) is 8.78. The summed E-state index contributed by atoms with van der Waals surface area (Å²) in [5, 5.41) is 8.09. The summed E-state index contributed by atoms with van der Waals surface area (Å²) in [5.41, 5.74) is 1.04. The van der Waals surface area contributed by atoms with E-state index in [-0.39, 0.29) is 28.5 Å². The third kappa shape index (κ3) is 3.27. The molecule has 2 aromatic rings. The number of hydrogen-bond donors (Lipinski definition) is 1. The molecule has 4 fully saturated rings. The molecule has 1 aromatic heterocycles. The number of halogens is 1. The average molecular weight is 426 g/mol. The molecule has 158 valence electrons. The number of amides is 1. The van der Waals surface area contributed by atoms with Gasteiger partial charge in [-0.1, -0.05) is 23.7 Å². The number of aryl methyl sites for hydroxylation is 1. The van der Waals surface area contributed by atoms with Crippen LogP contribution in [-0.4, -0.2) is 21.7 Å². The van der Waals surface area contributed by atoms with Crippen LogP contribution in [0, 0.1) is 30.1 Å². The number of carbonyl (C=O) groups is 1. The molecule has 1 aromatic carbocycles. The van der Waals surface area contributed by atoms with Crippen molar-refractivity contribution < 1.29 is 4.79 Å². The Labute approximate surface area is 181 Å². The van der Waals surface area contributed by atoms with Crippen molar-refractivity contribution >= 4 is 17.5 Å². The lowest BCUT2D eigenvalue weighted by Gasteiger charge is -2.59. The first-order valence-electron chi connectivity index (χ1n) is 11.0. The summed E-state index contributed by atoms with van der Waals surface area (Å²) in [6.45, 7) is 3.91. The molecule has 5 nitrogen and oxygen atoms in total. The van der Waals surface area contributed by atoms with Gasteiger partial charge in [0.2, 0.25) is 5.43 Å². The van der Waals surface area contributed by atoms with Crippen molar-refractivity contribution in [2.75, 3.05) is 0 Å². The summed E-state index contributed by atoms with van der Waals surface area (Å²) in [7, 11) is 0. The molecule has 30 heavy (non-hydrogen) atoms. The fraction of sp³-hybridized carbons (Fsp3) is 0.542. The van der Waals surface area contributed by atoms with Gasteiger partial charge in [0.05, 0.1) is 10.7 Å². The van der Waals surface area contributed by atoms with E-state index in [0.717, 1.165) is 17.8 Å². The van der Waals surface area contributed by atoms with Crippen molar-refractivity contribution in [3.8, 4) is 5.69 Å². The van der Waals surface area contributed by atoms with E-state index in [4.69, 9.17) is 11.6 Å². The predicted molar refractivity (Wildman–Crippen MR) is 117 cm³/mol. The van der Waals surface area contributed by atoms with Crippen LogP contribution >= 0.6 is 11.6 Å². The lowest BCUT2D eigenvalue weighted by atomic mass is 9.48. The molecule has 1 atom stereocenters. The van der Waals surface area contributed by atoms with Crippen LogP contribution < -0.4 is 10.7 Å². The Kier molecular flexibility index (Phi) is 4.77. The Bertz CT molecular complexity index is 1030. The van der Waals surface area contributed by atoms with Crippen LogP contribution in [0.1, 0.15) is 61.6 Å². The van der Waals surface area contributed by atoms with Gasteiger partial charge in [0.25, 0.3) is 5.91 Å². The van der Waals surface area contributed by atoms with Crippen LogP contribution in [0.3, 0.4) is 0 Å².